The Morgan fingerprint density at radius 3 is 2.87 bits per heavy atom. The Morgan fingerprint density at radius 1 is 1.30 bits per heavy atom. The summed E-state index contributed by atoms with van der Waals surface area (Å²) in [6.07, 6.45) is 1.47. The highest BCUT2D eigenvalue weighted by atomic mass is 19.1. The summed E-state index contributed by atoms with van der Waals surface area (Å²) in [5.74, 6) is -1.09. The summed E-state index contributed by atoms with van der Waals surface area (Å²) in [6, 6.07) is 9.38. The molecule has 0 bridgehead atoms. The lowest BCUT2D eigenvalue weighted by Crippen LogP contribution is -2.00. The first kappa shape index (κ1) is 14.8. The predicted octanol–water partition coefficient (Wildman–Crippen LogP) is 3.82. The van der Waals surface area contributed by atoms with E-state index >= 15 is 0 Å². The van der Waals surface area contributed by atoms with Crippen molar-refractivity contribution in [2.24, 2.45) is 10.2 Å². The summed E-state index contributed by atoms with van der Waals surface area (Å²) < 4.78 is 14.9. The van der Waals surface area contributed by atoms with Crippen LogP contribution in [0.1, 0.15) is 11.3 Å². The molecule has 3 aromatic rings. The van der Waals surface area contributed by atoms with Crippen LogP contribution in [0.25, 0.3) is 5.65 Å². The molecule has 0 amide bonds. The van der Waals surface area contributed by atoms with Crippen molar-refractivity contribution in [3.8, 4) is 0 Å². The zero-order chi connectivity index (χ0) is 16.4. The number of fused-ring (bicyclic) bond motifs is 1. The molecule has 0 aliphatic carbocycles. The second-order valence-electron chi connectivity index (χ2n) is 5.02. The molecule has 0 aliphatic heterocycles. The summed E-state index contributed by atoms with van der Waals surface area (Å²) in [5.41, 5.74) is 2.17. The lowest BCUT2D eigenvalue weighted by atomic mass is 10.3. The number of halogens is 1. The third-order valence-electron chi connectivity index (χ3n) is 3.28. The highest BCUT2D eigenvalue weighted by molar-refractivity contribution is 5.72. The fraction of sp³-hybridized carbons (Fsp3) is 0.125. The van der Waals surface area contributed by atoms with Crippen LogP contribution in [-0.4, -0.2) is 20.5 Å². The van der Waals surface area contributed by atoms with Crippen molar-refractivity contribution in [1.29, 1.82) is 0 Å². The maximum atomic E-state index is 13.2. The van der Waals surface area contributed by atoms with Gasteiger partial charge in [0.1, 0.15) is 11.5 Å². The van der Waals surface area contributed by atoms with E-state index in [-0.39, 0.29) is 6.42 Å². The molecule has 0 atom stereocenters. The highest BCUT2D eigenvalue weighted by Gasteiger charge is 2.15. The molecule has 23 heavy (non-hydrogen) atoms. The average molecular weight is 312 g/mol. The molecule has 2 aromatic heterocycles. The van der Waals surface area contributed by atoms with Crippen LogP contribution >= 0.6 is 0 Å². The number of carbonyl (C=O) groups is 1. The smallest absolute Gasteiger partial charge is 0.309 e. The Labute approximate surface area is 130 Å². The van der Waals surface area contributed by atoms with Gasteiger partial charge in [0, 0.05) is 12.3 Å². The predicted molar refractivity (Wildman–Crippen MR) is 81.8 cm³/mol. The molecule has 3 rings (SSSR count). The molecule has 0 spiro atoms. The van der Waals surface area contributed by atoms with E-state index in [1.807, 2.05) is 19.1 Å². The number of hydrogen-bond donors (Lipinski definition) is 1. The molecule has 2 heterocycles. The molecule has 116 valence electrons. The van der Waals surface area contributed by atoms with Gasteiger partial charge < -0.3 is 5.11 Å². The van der Waals surface area contributed by atoms with Gasteiger partial charge in [-0.05, 0) is 30.7 Å². The van der Waals surface area contributed by atoms with E-state index in [0.717, 1.165) is 5.56 Å². The minimum atomic E-state index is -1.01. The Morgan fingerprint density at radius 2 is 2.13 bits per heavy atom. The number of azo groups is 1. The van der Waals surface area contributed by atoms with E-state index in [2.05, 4.69) is 15.2 Å². The van der Waals surface area contributed by atoms with Gasteiger partial charge in [-0.15, -0.1) is 10.2 Å². The van der Waals surface area contributed by atoms with Crippen LogP contribution in [0.3, 0.4) is 0 Å². The van der Waals surface area contributed by atoms with Crippen molar-refractivity contribution in [1.82, 2.24) is 9.38 Å². The molecule has 6 nitrogen and oxygen atoms in total. The van der Waals surface area contributed by atoms with Crippen molar-refractivity contribution < 1.29 is 14.3 Å². The summed E-state index contributed by atoms with van der Waals surface area (Å²) in [5, 5.41) is 17.1. The van der Waals surface area contributed by atoms with Gasteiger partial charge in [0.25, 0.3) is 0 Å². The largest absolute Gasteiger partial charge is 0.481 e. The van der Waals surface area contributed by atoms with Gasteiger partial charge in [-0.2, -0.15) is 0 Å². The van der Waals surface area contributed by atoms with Crippen LogP contribution in [0.4, 0.5) is 15.9 Å². The number of rotatable bonds is 4. The molecule has 0 aliphatic rings. The third kappa shape index (κ3) is 3.08. The fourth-order valence-corrected chi connectivity index (χ4v) is 2.25. The Bertz CT molecular complexity index is 918. The minimum Gasteiger partial charge on any atom is -0.481 e. The number of carboxylic acid groups (broad SMARTS) is 1. The second-order valence-corrected chi connectivity index (χ2v) is 5.02. The first-order valence-corrected chi connectivity index (χ1v) is 6.90. The molecule has 0 saturated carbocycles. The zero-order valence-corrected chi connectivity index (χ0v) is 12.3. The third-order valence-corrected chi connectivity index (χ3v) is 3.28. The molecule has 7 heteroatoms. The van der Waals surface area contributed by atoms with Crippen molar-refractivity contribution in [3.05, 3.63) is 59.7 Å². The molecule has 1 N–H and O–H groups in total. The van der Waals surface area contributed by atoms with E-state index in [1.54, 1.807) is 16.7 Å². The van der Waals surface area contributed by atoms with E-state index in [1.165, 1.54) is 18.2 Å². The lowest BCUT2D eigenvalue weighted by molar-refractivity contribution is -0.136. The maximum absolute atomic E-state index is 13.2. The summed E-state index contributed by atoms with van der Waals surface area (Å²) >= 11 is 0. The molecular weight excluding hydrogens is 299 g/mol. The van der Waals surface area contributed by atoms with Gasteiger partial charge in [0.05, 0.1) is 17.8 Å². The van der Waals surface area contributed by atoms with E-state index in [9.17, 15) is 9.18 Å². The van der Waals surface area contributed by atoms with Gasteiger partial charge >= 0.3 is 5.97 Å². The Balaban J connectivity index is 2.10. The number of pyridine rings is 1. The monoisotopic (exact) mass is 312 g/mol. The Kier molecular flexibility index (Phi) is 3.84. The van der Waals surface area contributed by atoms with Crippen LogP contribution in [0, 0.1) is 12.7 Å². The standard InChI is InChI=1S/C16H13FN4O2/c1-10-4-3-7-21-15(10)18-13(9-14(22)23)16(21)20-19-12-6-2-5-11(17)8-12/h2-8H,9H2,1H3,(H,22,23). The molecule has 0 radical (unpaired) electrons. The summed E-state index contributed by atoms with van der Waals surface area (Å²) in [7, 11) is 0. The van der Waals surface area contributed by atoms with E-state index in [4.69, 9.17) is 5.11 Å². The van der Waals surface area contributed by atoms with Crippen molar-refractivity contribution in [3.63, 3.8) is 0 Å². The van der Waals surface area contributed by atoms with Gasteiger partial charge in [-0.1, -0.05) is 12.1 Å². The quantitative estimate of drug-likeness (QED) is 0.744. The van der Waals surface area contributed by atoms with Crippen LogP contribution in [0.2, 0.25) is 0 Å². The topological polar surface area (TPSA) is 79.3 Å². The minimum absolute atomic E-state index is 0.265. The van der Waals surface area contributed by atoms with Crippen LogP contribution < -0.4 is 0 Å². The molecule has 0 unspecified atom stereocenters. The summed E-state index contributed by atoms with van der Waals surface area (Å²) in [6.45, 7) is 1.88. The number of hydrogen-bond acceptors (Lipinski definition) is 4. The number of nitrogens with zero attached hydrogens (tertiary/aromatic N) is 4. The maximum Gasteiger partial charge on any atom is 0.309 e. The fourth-order valence-electron chi connectivity index (χ4n) is 2.25. The number of carboxylic acids is 1. The molecule has 1 aromatic carbocycles. The van der Waals surface area contributed by atoms with E-state index < -0.39 is 11.8 Å². The van der Waals surface area contributed by atoms with Gasteiger partial charge in [0.2, 0.25) is 0 Å². The van der Waals surface area contributed by atoms with Gasteiger partial charge in [0.15, 0.2) is 5.82 Å². The van der Waals surface area contributed by atoms with Crippen molar-refractivity contribution in [2.75, 3.05) is 0 Å². The number of benzene rings is 1. The van der Waals surface area contributed by atoms with E-state index in [0.29, 0.717) is 22.8 Å². The van der Waals surface area contributed by atoms with Crippen LogP contribution in [-0.2, 0) is 11.2 Å². The molecule has 0 fully saturated rings. The van der Waals surface area contributed by atoms with Crippen LogP contribution in [0.5, 0.6) is 0 Å². The first-order valence-electron chi connectivity index (χ1n) is 6.90. The van der Waals surface area contributed by atoms with Gasteiger partial charge in [-0.25, -0.2) is 9.37 Å². The number of imidazole rings is 1. The lowest BCUT2D eigenvalue weighted by Gasteiger charge is -1.99. The zero-order valence-electron chi connectivity index (χ0n) is 12.3. The normalized spacial score (nSPS) is 11.4. The van der Waals surface area contributed by atoms with Crippen LogP contribution in [0.15, 0.2) is 52.8 Å². The van der Waals surface area contributed by atoms with Crippen molar-refractivity contribution in [2.45, 2.75) is 13.3 Å². The first-order chi connectivity index (χ1) is 11.0. The number of aliphatic carboxylic acids is 1. The Hall–Kier alpha value is -3.09. The number of aromatic nitrogens is 2. The SMILES string of the molecule is Cc1cccn2c(N=Nc3cccc(F)c3)c(CC(=O)O)nc12. The summed E-state index contributed by atoms with van der Waals surface area (Å²) in [4.78, 5) is 15.4. The van der Waals surface area contributed by atoms with Crippen molar-refractivity contribution >= 4 is 23.1 Å². The molecule has 0 saturated heterocycles. The second kappa shape index (κ2) is 5.96. The number of aryl methyl sites for hydroxylation is 1. The van der Waals surface area contributed by atoms with Gasteiger partial charge in [-0.3, -0.25) is 9.20 Å². The molecular formula is C16H13FN4O2. The average Bonchev–Trinajstić information content (AvgIpc) is 2.83. The highest BCUT2D eigenvalue weighted by Crippen LogP contribution is 2.26.